The average molecular weight is 393 g/mol. The van der Waals surface area contributed by atoms with Gasteiger partial charge in [-0.1, -0.05) is 107 Å². The Morgan fingerprint density at radius 3 is 1.48 bits per heavy atom. The van der Waals surface area contributed by atoms with Crippen LogP contribution in [-0.2, 0) is 0 Å². The van der Waals surface area contributed by atoms with Gasteiger partial charge in [0.2, 0.25) is 0 Å². The molecule has 0 radical (unpaired) electrons. The van der Waals surface area contributed by atoms with Crippen LogP contribution in [0.2, 0.25) is 0 Å². The Hall–Kier alpha value is -2.52. The van der Waals surface area contributed by atoms with E-state index in [9.17, 15) is 9.59 Å². The lowest BCUT2D eigenvalue weighted by Crippen LogP contribution is -2.29. The van der Waals surface area contributed by atoms with Crippen molar-refractivity contribution in [3.05, 3.63) is 108 Å². The quantitative estimate of drug-likeness (QED) is 0.421. The second-order valence-corrected chi connectivity index (χ2v) is 6.74. The first-order chi connectivity index (χ1) is 12.2. The minimum absolute atomic E-state index is 0.0713. The summed E-state index contributed by atoms with van der Waals surface area (Å²) in [7, 11) is 0. The van der Waals surface area contributed by atoms with Gasteiger partial charge in [-0.3, -0.25) is 9.59 Å². The predicted molar refractivity (Wildman–Crippen MR) is 103 cm³/mol. The highest BCUT2D eigenvalue weighted by molar-refractivity contribution is 9.10. The Morgan fingerprint density at radius 1 is 0.600 bits per heavy atom. The molecule has 0 heterocycles. The van der Waals surface area contributed by atoms with Crippen LogP contribution in [0.1, 0.15) is 32.2 Å². The zero-order chi connectivity index (χ0) is 17.6. The molecule has 0 aliphatic heterocycles. The third kappa shape index (κ3) is 3.94. The summed E-state index contributed by atoms with van der Waals surface area (Å²) in [6.07, 6.45) is 0. The number of benzene rings is 3. The molecule has 0 aliphatic carbocycles. The number of alkyl halides is 1. The van der Waals surface area contributed by atoms with E-state index in [0.29, 0.717) is 11.1 Å². The summed E-state index contributed by atoms with van der Waals surface area (Å²) in [4.78, 5) is 25.4. The number of carbonyl (C=O) groups excluding carboxylic acids is 2. The van der Waals surface area contributed by atoms with Gasteiger partial charge in [-0.25, -0.2) is 0 Å². The maximum atomic E-state index is 13.1. The first-order valence-corrected chi connectivity index (χ1v) is 8.97. The highest BCUT2D eigenvalue weighted by Crippen LogP contribution is 2.31. The predicted octanol–water partition coefficient (Wildman–Crippen LogP) is 5.30. The van der Waals surface area contributed by atoms with Crippen LogP contribution in [0.3, 0.4) is 0 Å². The fourth-order valence-corrected chi connectivity index (χ4v) is 3.62. The largest absolute Gasteiger partial charge is 0.293 e. The van der Waals surface area contributed by atoms with Gasteiger partial charge in [-0.05, 0) is 5.56 Å². The molecule has 124 valence electrons. The normalized spacial score (nSPS) is 13.0. The van der Waals surface area contributed by atoms with E-state index >= 15 is 0 Å². The molecule has 0 aromatic heterocycles. The molecule has 3 heteroatoms. The zero-order valence-corrected chi connectivity index (χ0v) is 15.1. The van der Waals surface area contributed by atoms with Gasteiger partial charge in [0, 0.05) is 11.1 Å². The Bertz CT molecular complexity index is 845. The molecule has 2 atom stereocenters. The van der Waals surface area contributed by atoms with Gasteiger partial charge in [0.1, 0.15) is 0 Å². The van der Waals surface area contributed by atoms with E-state index in [1.54, 1.807) is 24.3 Å². The Kier molecular flexibility index (Phi) is 5.56. The van der Waals surface area contributed by atoms with E-state index in [1.807, 2.05) is 66.7 Å². The van der Waals surface area contributed by atoms with Crippen LogP contribution in [0, 0.1) is 0 Å². The van der Waals surface area contributed by atoms with Crippen molar-refractivity contribution in [2.75, 3.05) is 0 Å². The SMILES string of the molecule is O=C(c1ccccc1)[C@H](Br)[C@@H](C(=O)c1ccccc1)c1ccccc1. The fraction of sp³-hybridized carbons (Fsp3) is 0.0909. The van der Waals surface area contributed by atoms with Gasteiger partial charge >= 0.3 is 0 Å². The lowest BCUT2D eigenvalue weighted by Gasteiger charge is -2.21. The fourth-order valence-electron chi connectivity index (χ4n) is 2.81. The van der Waals surface area contributed by atoms with Gasteiger partial charge in [0.05, 0.1) is 10.7 Å². The van der Waals surface area contributed by atoms with Crippen molar-refractivity contribution in [2.45, 2.75) is 10.7 Å². The van der Waals surface area contributed by atoms with E-state index in [4.69, 9.17) is 0 Å². The summed E-state index contributed by atoms with van der Waals surface area (Å²) in [5.41, 5.74) is 2.01. The molecular formula is C22H17BrO2. The average Bonchev–Trinajstić information content (AvgIpc) is 2.69. The topological polar surface area (TPSA) is 34.1 Å². The van der Waals surface area contributed by atoms with Crippen LogP contribution in [0.25, 0.3) is 0 Å². The molecule has 0 bridgehead atoms. The van der Waals surface area contributed by atoms with Crippen LogP contribution in [0.15, 0.2) is 91.0 Å². The summed E-state index contributed by atoms with van der Waals surface area (Å²) in [6.45, 7) is 0. The molecule has 3 aromatic carbocycles. The maximum Gasteiger partial charge on any atom is 0.177 e. The molecule has 2 nitrogen and oxygen atoms in total. The summed E-state index contributed by atoms with van der Waals surface area (Å²) < 4.78 is 0. The third-order valence-corrected chi connectivity index (χ3v) is 5.05. The van der Waals surface area contributed by atoms with E-state index < -0.39 is 10.7 Å². The van der Waals surface area contributed by atoms with Gasteiger partial charge in [0.15, 0.2) is 11.6 Å². The maximum absolute atomic E-state index is 13.1. The first-order valence-electron chi connectivity index (χ1n) is 8.06. The number of Topliss-reactive ketones (excluding diaryl/α,β-unsaturated/α-hetero) is 2. The molecule has 0 unspecified atom stereocenters. The van der Waals surface area contributed by atoms with E-state index in [1.165, 1.54) is 0 Å². The molecule has 0 amide bonds. The zero-order valence-electron chi connectivity index (χ0n) is 13.5. The Balaban J connectivity index is 2.00. The number of ketones is 2. The van der Waals surface area contributed by atoms with Crippen LogP contribution in [0.4, 0.5) is 0 Å². The highest BCUT2D eigenvalue weighted by atomic mass is 79.9. The summed E-state index contributed by atoms with van der Waals surface area (Å²) in [6, 6.07) is 27.6. The van der Waals surface area contributed by atoms with Crippen molar-refractivity contribution >= 4 is 27.5 Å². The molecule has 0 spiro atoms. The van der Waals surface area contributed by atoms with Crippen LogP contribution in [-0.4, -0.2) is 16.4 Å². The lowest BCUT2D eigenvalue weighted by molar-refractivity contribution is 0.0902. The van der Waals surface area contributed by atoms with Crippen molar-refractivity contribution in [1.29, 1.82) is 0 Å². The van der Waals surface area contributed by atoms with Gasteiger partial charge in [0.25, 0.3) is 0 Å². The highest BCUT2D eigenvalue weighted by Gasteiger charge is 2.33. The molecule has 25 heavy (non-hydrogen) atoms. The van der Waals surface area contributed by atoms with Crippen molar-refractivity contribution in [1.82, 2.24) is 0 Å². The van der Waals surface area contributed by atoms with Crippen molar-refractivity contribution < 1.29 is 9.59 Å². The van der Waals surface area contributed by atoms with Crippen LogP contribution in [0.5, 0.6) is 0 Å². The molecular weight excluding hydrogens is 376 g/mol. The minimum Gasteiger partial charge on any atom is -0.293 e. The molecule has 3 aromatic rings. The van der Waals surface area contributed by atoms with Gasteiger partial charge in [-0.2, -0.15) is 0 Å². The molecule has 0 saturated heterocycles. The van der Waals surface area contributed by atoms with Gasteiger partial charge < -0.3 is 0 Å². The summed E-state index contributed by atoms with van der Waals surface area (Å²) >= 11 is 3.51. The molecule has 0 fully saturated rings. The van der Waals surface area contributed by atoms with E-state index in [0.717, 1.165) is 5.56 Å². The minimum atomic E-state index is -0.634. The Morgan fingerprint density at radius 2 is 1.00 bits per heavy atom. The van der Waals surface area contributed by atoms with E-state index in [-0.39, 0.29) is 11.6 Å². The monoisotopic (exact) mass is 392 g/mol. The summed E-state index contributed by atoms with van der Waals surface area (Å²) in [5.74, 6) is -0.756. The molecule has 0 N–H and O–H groups in total. The van der Waals surface area contributed by atoms with Crippen LogP contribution < -0.4 is 0 Å². The lowest BCUT2D eigenvalue weighted by atomic mass is 9.85. The molecule has 0 saturated carbocycles. The van der Waals surface area contributed by atoms with Crippen molar-refractivity contribution in [2.24, 2.45) is 0 Å². The summed E-state index contributed by atoms with van der Waals surface area (Å²) in [5, 5.41) is 0. The number of rotatable bonds is 6. The molecule has 0 aliphatic rings. The van der Waals surface area contributed by atoms with Crippen molar-refractivity contribution in [3.8, 4) is 0 Å². The number of halogens is 1. The number of hydrogen-bond donors (Lipinski definition) is 0. The smallest absolute Gasteiger partial charge is 0.177 e. The second-order valence-electron chi connectivity index (χ2n) is 5.75. The second kappa shape index (κ2) is 8.04. The van der Waals surface area contributed by atoms with E-state index in [2.05, 4.69) is 15.9 Å². The van der Waals surface area contributed by atoms with Crippen LogP contribution >= 0.6 is 15.9 Å². The van der Waals surface area contributed by atoms with Crippen molar-refractivity contribution in [3.63, 3.8) is 0 Å². The molecule has 3 rings (SSSR count). The number of carbonyl (C=O) groups is 2. The first kappa shape index (κ1) is 17.3. The standard InChI is InChI=1S/C22H17BrO2/c23-20(22(25)18-14-8-3-9-15-18)19(16-10-4-1-5-11-16)21(24)17-12-6-2-7-13-17/h1-15,19-20H/t19-,20+/m0/s1. The third-order valence-electron chi connectivity index (χ3n) is 4.10. The number of hydrogen-bond acceptors (Lipinski definition) is 2. The Labute approximate surface area is 155 Å². The van der Waals surface area contributed by atoms with Gasteiger partial charge in [-0.15, -0.1) is 0 Å².